The van der Waals surface area contributed by atoms with Crippen molar-refractivity contribution in [3.05, 3.63) is 0 Å². The average molecular weight is 286 g/mol. The number of rotatable bonds is 2. The maximum atomic E-state index is 14.0. The Labute approximate surface area is 97.1 Å². The van der Waals surface area contributed by atoms with Gasteiger partial charge in [0.2, 0.25) is 5.67 Å². The molecule has 0 saturated carbocycles. The van der Waals surface area contributed by atoms with Crippen LogP contribution in [0.4, 0.5) is 35.1 Å². The van der Waals surface area contributed by atoms with Crippen molar-refractivity contribution in [2.45, 2.75) is 50.2 Å². The van der Waals surface area contributed by atoms with Crippen molar-refractivity contribution >= 4 is 0 Å². The number of hydrogen-bond donors (Lipinski definition) is 0. The molecular formula is C9H10F8O. The molecule has 0 aromatic heterocycles. The minimum Gasteiger partial charge on any atom is -0.274 e. The fraction of sp³-hybridized carbons (Fsp3) is 1.00. The summed E-state index contributed by atoms with van der Waals surface area (Å²) in [7, 11) is 0. The lowest BCUT2D eigenvalue weighted by Gasteiger charge is -2.39. The number of ether oxygens (including phenoxy) is 1. The van der Waals surface area contributed by atoms with E-state index in [1.807, 2.05) is 0 Å². The monoisotopic (exact) mass is 286 g/mol. The van der Waals surface area contributed by atoms with Crippen LogP contribution in [0.1, 0.15) is 20.8 Å². The van der Waals surface area contributed by atoms with E-state index in [0.717, 1.165) is 0 Å². The van der Waals surface area contributed by atoms with Gasteiger partial charge in [0, 0.05) is 13.8 Å². The van der Waals surface area contributed by atoms with E-state index in [1.165, 1.54) is 0 Å². The van der Waals surface area contributed by atoms with Crippen LogP contribution in [-0.4, -0.2) is 29.5 Å². The molecule has 0 aromatic carbocycles. The highest BCUT2D eigenvalue weighted by molar-refractivity contribution is 5.16. The van der Waals surface area contributed by atoms with Crippen LogP contribution < -0.4 is 0 Å². The van der Waals surface area contributed by atoms with E-state index in [-0.39, 0.29) is 20.8 Å². The highest BCUT2D eigenvalue weighted by atomic mass is 19.3. The molecule has 18 heavy (non-hydrogen) atoms. The first-order valence-corrected chi connectivity index (χ1v) is 4.82. The predicted molar refractivity (Wildman–Crippen MR) is 44.1 cm³/mol. The van der Waals surface area contributed by atoms with Gasteiger partial charge in [-0.25, -0.2) is 26.3 Å². The van der Waals surface area contributed by atoms with Crippen molar-refractivity contribution in [2.24, 2.45) is 5.92 Å². The smallest absolute Gasteiger partial charge is 0.274 e. The molecule has 1 aliphatic rings. The molecule has 0 radical (unpaired) electrons. The van der Waals surface area contributed by atoms with E-state index in [9.17, 15) is 35.1 Å². The molecule has 1 nitrogen and oxygen atoms in total. The third-order valence-electron chi connectivity index (χ3n) is 3.05. The normalized spacial score (nSPS) is 41.2. The highest BCUT2D eigenvalue weighted by Gasteiger charge is 2.87. The predicted octanol–water partition coefficient (Wildman–Crippen LogP) is 3.93. The Kier molecular flexibility index (Phi) is 2.99. The number of halogens is 8. The van der Waals surface area contributed by atoms with Gasteiger partial charge in [0.25, 0.3) is 5.92 Å². The zero-order valence-corrected chi connectivity index (χ0v) is 9.51. The first kappa shape index (κ1) is 15.5. The molecular weight excluding hydrogens is 276 g/mol. The average Bonchev–Trinajstić information content (AvgIpc) is 2.23. The van der Waals surface area contributed by atoms with Crippen LogP contribution in [0, 0.1) is 5.92 Å². The van der Waals surface area contributed by atoms with Crippen molar-refractivity contribution < 1.29 is 39.9 Å². The summed E-state index contributed by atoms with van der Waals surface area (Å²) < 4.78 is 109. The summed E-state index contributed by atoms with van der Waals surface area (Å²) in [4.78, 5) is 0. The lowest BCUT2D eigenvalue weighted by Crippen LogP contribution is -2.64. The molecule has 1 rings (SSSR count). The summed E-state index contributed by atoms with van der Waals surface area (Å²) in [6.45, 7) is -0.375. The fourth-order valence-corrected chi connectivity index (χ4v) is 1.93. The molecule has 3 unspecified atom stereocenters. The standard InChI is InChI=1S/C9H10F8O/c1-4-7(14,5(2,10)11)9(17,6(3,12)13)18-8(4,15)16/h4H,1-3H3. The van der Waals surface area contributed by atoms with Crippen LogP contribution in [0.5, 0.6) is 0 Å². The van der Waals surface area contributed by atoms with Gasteiger partial charge in [0.1, 0.15) is 0 Å². The van der Waals surface area contributed by atoms with Crippen LogP contribution in [0.15, 0.2) is 0 Å². The molecule has 1 aliphatic heterocycles. The van der Waals surface area contributed by atoms with Gasteiger partial charge in [-0.05, 0) is 0 Å². The summed E-state index contributed by atoms with van der Waals surface area (Å²) in [5.41, 5.74) is -4.86. The van der Waals surface area contributed by atoms with Gasteiger partial charge in [-0.15, -0.1) is 0 Å². The van der Waals surface area contributed by atoms with Crippen molar-refractivity contribution in [1.29, 1.82) is 0 Å². The third kappa shape index (κ3) is 1.62. The first-order chi connectivity index (χ1) is 7.61. The summed E-state index contributed by atoms with van der Waals surface area (Å²) in [6.07, 6.45) is -4.78. The maximum absolute atomic E-state index is 14.0. The molecule has 0 N–H and O–H groups in total. The lowest BCUT2D eigenvalue weighted by atomic mass is 9.79. The van der Waals surface area contributed by atoms with Gasteiger partial charge in [-0.1, -0.05) is 6.92 Å². The molecule has 108 valence electrons. The topological polar surface area (TPSA) is 9.23 Å². The van der Waals surface area contributed by atoms with Gasteiger partial charge in [-0.2, -0.15) is 8.78 Å². The summed E-state index contributed by atoms with van der Waals surface area (Å²) in [5, 5.41) is 0. The van der Waals surface area contributed by atoms with Crippen LogP contribution in [0.3, 0.4) is 0 Å². The van der Waals surface area contributed by atoms with Crippen molar-refractivity contribution in [1.82, 2.24) is 0 Å². The van der Waals surface area contributed by atoms with E-state index < -0.39 is 35.4 Å². The van der Waals surface area contributed by atoms with E-state index in [1.54, 1.807) is 0 Å². The highest BCUT2D eigenvalue weighted by Crippen LogP contribution is 2.64. The van der Waals surface area contributed by atoms with Crippen molar-refractivity contribution in [2.75, 3.05) is 0 Å². The Bertz CT molecular complexity index is 342. The van der Waals surface area contributed by atoms with E-state index in [0.29, 0.717) is 0 Å². The number of hydrogen-bond acceptors (Lipinski definition) is 1. The zero-order chi connectivity index (χ0) is 14.8. The molecule has 0 amide bonds. The van der Waals surface area contributed by atoms with Crippen LogP contribution in [0.2, 0.25) is 0 Å². The van der Waals surface area contributed by atoms with Gasteiger partial charge in [-0.3, -0.25) is 4.74 Å². The van der Waals surface area contributed by atoms with Crippen LogP contribution in [-0.2, 0) is 4.74 Å². The second-order valence-corrected chi connectivity index (χ2v) is 4.47. The molecule has 1 heterocycles. The lowest BCUT2D eigenvalue weighted by molar-refractivity contribution is -0.371. The largest absolute Gasteiger partial charge is 0.364 e. The molecule has 0 bridgehead atoms. The Morgan fingerprint density at radius 2 is 1.28 bits per heavy atom. The zero-order valence-electron chi connectivity index (χ0n) is 9.51. The summed E-state index contributed by atoms with van der Waals surface area (Å²) in [5.74, 6) is -17.9. The Morgan fingerprint density at radius 1 is 0.889 bits per heavy atom. The molecule has 0 spiro atoms. The summed E-state index contributed by atoms with van der Waals surface area (Å²) in [6, 6.07) is 0. The second-order valence-electron chi connectivity index (χ2n) is 4.47. The van der Waals surface area contributed by atoms with E-state index in [4.69, 9.17) is 0 Å². The van der Waals surface area contributed by atoms with Gasteiger partial charge < -0.3 is 0 Å². The number of alkyl halides is 8. The fourth-order valence-electron chi connectivity index (χ4n) is 1.93. The molecule has 1 saturated heterocycles. The Morgan fingerprint density at radius 3 is 1.50 bits per heavy atom. The van der Waals surface area contributed by atoms with Crippen LogP contribution in [0.25, 0.3) is 0 Å². The minimum atomic E-state index is -5.12. The van der Waals surface area contributed by atoms with E-state index in [2.05, 4.69) is 4.74 Å². The van der Waals surface area contributed by atoms with Crippen molar-refractivity contribution in [3.63, 3.8) is 0 Å². The van der Waals surface area contributed by atoms with Crippen molar-refractivity contribution in [3.8, 4) is 0 Å². The molecule has 9 heteroatoms. The molecule has 3 atom stereocenters. The maximum Gasteiger partial charge on any atom is 0.364 e. The second kappa shape index (κ2) is 3.49. The SMILES string of the molecule is CC1C(F)(F)OC(F)(C(C)(F)F)C1(F)C(C)(F)F. The third-order valence-corrected chi connectivity index (χ3v) is 3.05. The summed E-state index contributed by atoms with van der Waals surface area (Å²) >= 11 is 0. The Hall–Kier alpha value is -0.600. The van der Waals surface area contributed by atoms with Gasteiger partial charge in [0.05, 0.1) is 5.92 Å². The van der Waals surface area contributed by atoms with Gasteiger partial charge in [0.15, 0.2) is 0 Å². The Balaban J connectivity index is 3.53. The molecule has 0 aromatic rings. The van der Waals surface area contributed by atoms with Crippen LogP contribution >= 0.6 is 0 Å². The molecule has 1 fully saturated rings. The quantitative estimate of drug-likeness (QED) is 0.699. The van der Waals surface area contributed by atoms with E-state index >= 15 is 0 Å². The minimum absolute atomic E-state index is 0.185. The molecule has 0 aliphatic carbocycles. The van der Waals surface area contributed by atoms with Gasteiger partial charge >= 0.3 is 17.9 Å². The first-order valence-electron chi connectivity index (χ1n) is 4.82.